The number of hydrogen-bond donors (Lipinski definition) is 2. The van der Waals surface area contributed by atoms with E-state index in [0.717, 1.165) is 38.5 Å². The van der Waals surface area contributed by atoms with Crippen LogP contribution in [0, 0.1) is 34.5 Å². The Kier molecular flexibility index (Phi) is 5.90. The highest BCUT2D eigenvalue weighted by Crippen LogP contribution is 2.65. The first-order chi connectivity index (χ1) is 13.8. The predicted molar refractivity (Wildman–Crippen MR) is 120 cm³/mol. The minimum absolute atomic E-state index is 0.0338. The van der Waals surface area contributed by atoms with Crippen molar-refractivity contribution in [3.05, 3.63) is 35.5 Å². The maximum Gasteiger partial charge on any atom is 0.0543 e. The molecule has 0 aromatic heterocycles. The maximum absolute atomic E-state index is 10.5. The first-order valence-corrected chi connectivity index (χ1v) is 12.2. The van der Waals surface area contributed by atoms with E-state index in [1.54, 1.807) is 11.1 Å². The molecule has 2 N–H and O–H groups in total. The van der Waals surface area contributed by atoms with Crippen molar-refractivity contribution in [1.82, 2.24) is 0 Å². The second-order valence-electron chi connectivity index (χ2n) is 11.1. The maximum atomic E-state index is 10.5. The number of hydrogen-bond acceptors (Lipinski definition) is 2. The molecule has 0 bridgehead atoms. The molecule has 0 aromatic rings. The van der Waals surface area contributed by atoms with Crippen LogP contribution in [0.4, 0.5) is 0 Å². The molecule has 3 saturated carbocycles. The summed E-state index contributed by atoms with van der Waals surface area (Å²) in [5.41, 5.74) is 5.09. The lowest BCUT2D eigenvalue weighted by Crippen LogP contribution is -2.52. The Morgan fingerprint density at radius 2 is 2.03 bits per heavy atom. The highest BCUT2D eigenvalue weighted by Gasteiger charge is 2.57. The number of rotatable bonds is 5. The van der Waals surface area contributed by atoms with Gasteiger partial charge in [0.25, 0.3) is 0 Å². The van der Waals surface area contributed by atoms with E-state index in [0.29, 0.717) is 35.7 Å². The number of aliphatic hydroxyl groups excluding tert-OH is 2. The van der Waals surface area contributed by atoms with Gasteiger partial charge in [-0.05, 0) is 93.3 Å². The van der Waals surface area contributed by atoms with Gasteiger partial charge in [-0.3, -0.25) is 0 Å². The Balaban J connectivity index is 1.55. The first-order valence-electron chi connectivity index (χ1n) is 12.2. The summed E-state index contributed by atoms with van der Waals surface area (Å²) in [4.78, 5) is 0. The molecule has 0 spiro atoms. The van der Waals surface area contributed by atoms with Crippen molar-refractivity contribution >= 4 is 0 Å². The summed E-state index contributed by atoms with van der Waals surface area (Å²) in [6.07, 6.45) is 16.0. The third-order valence-electron chi connectivity index (χ3n) is 9.57. The highest BCUT2D eigenvalue weighted by molar-refractivity contribution is 5.34. The topological polar surface area (TPSA) is 40.5 Å². The SMILES string of the molecule is C=C(CC/C=C1\CC[C@H]2C3=CC[C@H]4C[C@@H](O)CC[C@]4(CO)[C@H]3CC[C@]12C)C(C)C. The van der Waals surface area contributed by atoms with Gasteiger partial charge in [0.15, 0.2) is 0 Å². The van der Waals surface area contributed by atoms with E-state index in [4.69, 9.17) is 0 Å². The Bertz CT molecular complexity index is 701. The summed E-state index contributed by atoms with van der Waals surface area (Å²) in [6, 6.07) is 0. The molecule has 0 aliphatic heterocycles. The smallest absolute Gasteiger partial charge is 0.0543 e. The van der Waals surface area contributed by atoms with Crippen LogP contribution in [0.1, 0.15) is 85.0 Å². The van der Waals surface area contributed by atoms with Crippen molar-refractivity contribution in [2.45, 2.75) is 91.1 Å². The zero-order valence-corrected chi connectivity index (χ0v) is 18.9. The zero-order valence-electron chi connectivity index (χ0n) is 18.9. The lowest BCUT2D eigenvalue weighted by atomic mass is 9.48. The lowest BCUT2D eigenvalue weighted by molar-refractivity contribution is -0.0761. The molecule has 3 fully saturated rings. The molecule has 0 unspecified atom stereocenters. The van der Waals surface area contributed by atoms with Crippen molar-refractivity contribution in [3.63, 3.8) is 0 Å². The highest BCUT2D eigenvalue weighted by atomic mass is 16.3. The first kappa shape index (κ1) is 21.4. The van der Waals surface area contributed by atoms with Crippen molar-refractivity contribution < 1.29 is 10.2 Å². The molecule has 0 radical (unpaired) electrons. The van der Waals surface area contributed by atoms with Gasteiger partial charge in [0.05, 0.1) is 6.10 Å². The Morgan fingerprint density at radius 3 is 2.76 bits per heavy atom. The van der Waals surface area contributed by atoms with E-state index in [-0.39, 0.29) is 11.5 Å². The molecular formula is C27H42O2. The molecular weight excluding hydrogens is 356 g/mol. The fourth-order valence-electron chi connectivity index (χ4n) is 7.52. The Morgan fingerprint density at radius 1 is 1.24 bits per heavy atom. The summed E-state index contributed by atoms with van der Waals surface area (Å²) in [6.45, 7) is 11.6. The minimum atomic E-state index is -0.162. The number of aliphatic hydroxyl groups is 2. The van der Waals surface area contributed by atoms with Gasteiger partial charge in [0, 0.05) is 12.0 Å². The van der Waals surface area contributed by atoms with E-state index in [1.165, 1.54) is 31.3 Å². The Labute approximate surface area is 178 Å². The molecule has 4 rings (SSSR count). The summed E-state index contributed by atoms with van der Waals surface area (Å²) in [5.74, 6) is 2.25. The third-order valence-corrected chi connectivity index (χ3v) is 9.57. The fourth-order valence-corrected chi connectivity index (χ4v) is 7.52. The fraction of sp³-hybridized carbons (Fsp3) is 0.778. The van der Waals surface area contributed by atoms with Crippen LogP contribution in [-0.4, -0.2) is 22.9 Å². The van der Waals surface area contributed by atoms with Crippen molar-refractivity contribution in [3.8, 4) is 0 Å². The molecule has 2 nitrogen and oxygen atoms in total. The second kappa shape index (κ2) is 8.00. The molecule has 0 amide bonds. The van der Waals surface area contributed by atoms with Gasteiger partial charge in [-0.2, -0.15) is 0 Å². The zero-order chi connectivity index (χ0) is 20.8. The molecule has 0 aromatic carbocycles. The van der Waals surface area contributed by atoms with Gasteiger partial charge in [-0.25, -0.2) is 0 Å². The lowest BCUT2D eigenvalue weighted by Gasteiger charge is -2.57. The summed E-state index contributed by atoms with van der Waals surface area (Å²) in [7, 11) is 0. The van der Waals surface area contributed by atoms with E-state index < -0.39 is 0 Å². The monoisotopic (exact) mass is 398 g/mol. The van der Waals surface area contributed by atoms with Gasteiger partial charge in [-0.15, -0.1) is 0 Å². The van der Waals surface area contributed by atoms with Gasteiger partial charge in [0.2, 0.25) is 0 Å². The van der Waals surface area contributed by atoms with Crippen LogP contribution in [0.5, 0.6) is 0 Å². The van der Waals surface area contributed by atoms with E-state index >= 15 is 0 Å². The van der Waals surface area contributed by atoms with Crippen LogP contribution < -0.4 is 0 Å². The van der Waals surface area contributed by atoms with Crippen molar-refractivity contribution in [2.75, 3.05) is 6.61 Å². The van der Waals surface area contributed by atoms with Gasteiger partial charge >= 0.3 is 0 Å². The van der Waals surface area contributed by atoms with Crippen LogP contribution >= 0.6 is 0 Å². The van der Waals surface area contributed by atoms with Crippen LogP contribution in [0.25, 0.3) is 0 Å². The third kappa shape index (κ3) is 3.49. The van der Waals surface area contributed by atoms with Gasteiger partial charge in [-0.1, -0.05) is 56.2 Å². The molecule has 162 valence electrons. The predicted octanol–water partition coefficient (Wildman–Crippen LogP) is 6.20. The molecule has 2 heteroatoms. The van der Waals surface area contributed by atoms with Crippen LogP contribution in [0.2, 0.25) is 0 Å². The molecule has 4 aliphatic carbocycles. The summed E-state index contributed by atoms with van der Waals surface area (Å²) in [5, 5.41) is 20.8. The standard InChI is InChI=1S/C27H42O2/c1-18(2)19(3)6-5-7-20-9-11-24-23-10-8-21-16-22(29)12-15-27(21,17-28)25(23)13-14-26(20,24)4/h7,10,18,21-22,24-25,28-29H,3,5-6,8-9,11-17H2,1-2,4H3/b20-7+/t21-,22-,24-,25-,26+,27+/m0/s1. The van der Waals surface area contributed by atoms with E-state index in [1.807, 2.05) is 0 Å². The second-order valence-corrected chi connectivity index (χ2v) is 11.1. The van der Waals surface area contributed by atoms with Gasteiger partial charge in [0.1, 0.15) is 0 Å². The molecule has 0 saturated heterocycles. The summed E-state index contributed by atoms with van der Waals surface area (Å²) < 4.78 is 0. The molecule has 0 heterocycles. The van der Waals surface area contributed by atoms with E-state index in [9.17, 15) is 10.2 Å². The van der Waals surface area contributed by atoms with Crippen LogP contribution in [-0.2, 0) is 0 Å². The minimum Gasteiger partial charge on any atom is -0.396 e. The molecule has 6 atom stereocenters. The van der Waals surface area contributed by atoms with Gasteiger partial charge < -0.3 is 10.2 Å². The van der Waals surface area contributed by atoms with Crippen LogP contribution in [0.15, 0.2) is 35.5 Å². The van der Waals surface area contributed by atoms with E-state index in [2.05, 4.69) is 39.5 Å². The normalized spacial score (nSPS) is 43.0. The van der Waals surface area contributed by atoms with Crippen LogP contribution in [0.3, 0.4) is 0 Å². The van der Waals surface area contributed by atoms with Crippen molar-refractivity contribution in [1.29, 1.82) is 0 Å². The average molecular weight is 399 g/mol. The quantitative estimate of drug-likeness (QED) is 0.541. The number of fused-ring (bicyclic) bond motifs is 5. The average Bonchev–Trinajstić information content (AvgIpc) is 3.04. The van der Waals surface area contributed by atoms with Crippen molar-refractivity contribution in [2.24, 2.45) is 34.5 Å². The molecule has 4 aliphatic rings. The molecule has 29 heavy (non-hydrogen) atoms. The summed E-state index contributed by atoms with van der Waals surface area (Å²) >= 11 is 0. The Hall–Kier alpha value is -0.860. The number of allylic oxidation sites excluding steroid dienone is 5. The largest absolute Gasteiger partial charge is 0.396 e.